The lowest BCUT2D eigenvalue weighted by Crippen LogP contribution is -2.46. The van der Waals surface area contributed by atoms with E-state index < -0.39 is 5.97 Å². The van der Waals surface area contributed by atoms with E-state index in [0.717, 1.165) is 44.1 Å². The summed E-state index contributed by atoms with van der Waals surface area (Å²) in [6.45, 7) is 9.00. The van der Waals surface area contributed by atoms with Crippen LogP contribution in [0.25, 0.3) is 0 Å². The Balaban J connectivity index is 1.69. The molecule has 2 unspecified atom stereocenters. The molecule has 1 aromatic rings. The van der Waals surface area contributed by atoms with Crippen LogP contribution in [0.3, 0.4) is 0 Å². The molecule has 1 aromatic carbocycles. The predicted molar refractivity (Wildman–Crippen MR) is 101 cm³/mol. The van der Waals surface area contributed by atoms with Crippen molar-refractivity contribution in [1.82, 2.24) is 10.2 Å². The van der Waals surface area contributed by atoms with Crippen molar-refractivity contribution in [3.05, 3.63) is 35.4 Å². The molecule has 1 aliphatic carbocycles. The van der Waals surface area contributed by atoms with Gasteiger partial charge in [-0.1, -0.05) is 32.4 Å². The standard InChI is InChI=1S/C21H32N2O2/c1-3-17-13-19(17)22-15-21(8-10-23(4-2)11-9-21)14-16-6-5-7-18(12-16)20(24)25/h5-7,12,17,19,22H,3-4,8-11,13-15H2,1-2H3,(H,24,25). The molecule has 4 heteroatoms. The number of nitrogens with zero attached hydrogens (tertiary/aromatic N) is 1. The van der Waals surface area contributed by atoms with Gasteiger partial charge in [0.15, 0.2) is 0 Å². The van der Waals surface area contributed by atoms with Gasteiger partial charge >= 0.3 is 5.97 Å². The van der Waals surface area contributed by atoms with Crippen LogP contribution in [0, 0.1) is 11.3 Å². The Morgan fingerprint density at radius 2 is 2.08 bits per heavy atom. The summed E-state index contributed by atoms with van der Waals surface area (Å²) in [5, 5.41) is 13.1. The highest BCUT2D eigenvalue weighted by Crippen LogP contribution is 2.38. The maximum atomic E-state index is 11.3. The average molecular weight is 344 g/mol. The highest BCUT2D eigenvalue weighted by Gasteiger charge is 2.39. The van der Waals surface area contributed by atoms with Gasteiger partial charge in [-0.3, -0.25) is 0 Å². The number of benzene rings is 1. The van der Waals surface area contributed by atoms with Crippen LogP contribution in [-0.2, 0) is 6.42 Å². The average Bonchev–Trinajstić information content (AvgIpc) is 3.40. The van der Waals surface area contributed by atoms with E-state index >= 15 is 0 Å². The molecule has 3 rings (SSSR count). The van der Waals surface area contributed by atoms with Crippen molar-refractivity contribution >= 4 is 5.97 Å². The highest BCUT2D eigenvalue weighted by atomic mass is 16.4. The van der Waals surface area contributed by atoms with Crippen LogP contribution < -0.4 is 5.32 Å². The number of carbonyl (C=O) groups is 1. The topological polar surface area (TPSA) is 52.6 Å². The number of likely N-dealkylation sites (tertiary alicyclic amines) is 1. The molecule has 2 atom stereocenters. The quantitative estimate of drug-likeness (QED) is 0.759. The Hall–Kier alpha value is -1.39. The molecule has 0 amide bonds. The maximum Gasteiger partial charge on any atom is 0.335 e. The first-order valence-electron chi connectivity index (χ1n) is 9.83. The summed E-state index contributed by atoms with van der Waals surface area (Å²) >= 11 is 0. The zero-order valence-corrected chi connectivity index (χ0v) is 15.6. The third kappa shape index (κ3) is 4.62. The molecule has 1 saturated heterocycles. The Kier molecular flexibility index (Phi) is 5.80. The molecule has 1 heterocycles. The molecule has 0 spiro atoms. The maximum absolute atomic E-state index is 11.3. The van der Waals surface area contributed by atoms with E-state index in [2.05, 4.69) is 30.1 Å². The zero-order chi connectivity index (χ0) is 17.9. The molecule has 2 N–H and O–H groups in total. The smallest absolute Gasteiger partial charge is 0.335 e. The molecular weight excluding hydrogens is 312 g/mol. The summed E-state index contributed by atoms with van der Waals surface area (Å²) < 4.78 is 0. The monoisotopic (exact) mass is 344 g/mol. The van der Waals surface area contributed by atoms with Crippen LogP contribution in [0.15, 0.2) is 24.3 Å². The minimum absolute atomic E-state index is 0.254. The number of carboxylic acids is 1. The summed E-state index contributed by atoms with van der Waals surface area (Å²) in [6, 6.07) is 8.23. The van der Waals surface area contributed by atoms with Gasteiger partial charge in [-0.05, 0) is 74.3 Å². The molecule has 138 valence electrons. The number of rotatable bonds is 8. The lowest BCUT2D eigenvalue weighted by atomic mass is 9.73. The number of nitrogens with one attached hydrogen (secondary N) is 1. The molecule has 2 aliphatic rings. The van der Waals surface area contributed by atoms with Gasteiger partial charge in [-0.2, -0.15) is 0 Å². The summed E-state index contributed by atoms with van der Waals surface area (Å²) in [5.74, 6) is 0.0294. The SMILES string of the molecule is CCC1CC1NCC1(Cc2cccc(C(=O)O)c2)CCN(CC)CC1. The van der Waals surface area contributed by atoms with E-state index in [1.165, 1.54) is 25.7 Å². The molecule has 0 radical (unpaired) electrons. The summed E-state index contributed by atoms with van der Waals surface area (Å²) in [6.07, 6.45) is 5.95. The second kappa shape index (κ2) is 7.88. The second-order valence-corrected chi connectivity index (χ2v) is 8.01. The first kappa shape index (κ1) is 18.4. The molecule has 4 nitrogen and oxygen atoms in total. The Morgan fingerprint density at radius 1 is 1.32 bits per heavy atom. The summed E-state index contributed by atoms with van der Waals surface area (Å²) in [5.41, 5.74) is 1.82. The normalized spacial score (nSPS) is 25.7. The molecule has 1 saturated carbocycles. The zero-order valence-electron chi connectivity index (χ0n) is 15.6. The minimum Gasteiger partial charge on any atom is -0.478 e. The van der Waals surface area contributed by atoms with Gasteiger partial charge in [0.05, 0.1) is 5.56 Å². The molecule has 0 aromatic heterocycles. The van der Waals surface area contributed by atoms with Gasteiger partial charge in [-0.25, -0.2) is 4.79 Å². The Labute approximate surface area is 151 Å². The van der Waals surface area contributed by atoms with Gasteiger partial charge in [0.1, 0.15) is 0 Å². The third-order valence-corrected chi connectivity index (χ3v) is 6.30. The van der Waals surface area contributed by atoms with Crippen molar-refractivity contribution in [3.8, 4) is 0 Å². The van der Waals surface area contributed by atoms with Crippen LogP contribution in [0.2, 0.25) is 0 Å². The summed E-state index contributed by atoms with van der Waals surface area (Å²) in [7, 11) is 0. The number of carboxylic acid groups (broad SMARTS) is 1. The van der Waals surface area contributed by atoms with E-state index in [0.29, 0.717) is 11.6 Å². The van der Waals surface area contributed by atoms with Crippen LogP contribution in [-0.4, -0.2) is 48.2 Å². The van der Waals surface area contributed by atoms with Crippen LogP contribution >= 0.6 is 0 Å². The lowest BCUT2D eigenvalue weighted by molar-refractivity contribution is 0.0696. The molecule has 1 aliphatic heterocycles. The fourth-order valence-electron chi connectivity index (χ4n) is 4.30. The first-order chi connectivity index (χ1) is 12.0. The van der Waals surface area contributed by atoms with Crippen molar-refractivity contribution in [2.24, 2.45) is 11.3 Å². The van der Waals surface area contributed by atoms with E-state index in [-0.39, 0.29) is 5.41 Å². The minimum atomic E-state index is -0.835. The van der Waals surface area contributed by atoms with E-state index in [1.807, 2.05) is 12.1 Å². The number of hydrogen-bond donors (Lipinski definition) is 2. The number of hydrogen-bond acceptors (Lipinski definition) is 3. The number of piperidine rings is 1. The molecule has 2 fully saturated rings. The highest BCUT2D eigenvalue weighted by molar-refractivity contribution is 5.87. The molecular formula is C21H32N2O2. The van der Waals surface area contributed by atoms with Crippen molar-refractivity contribution in [1.29, 1.82) is 0 Å². The van der Waals surface area contributed by atoms with Gasteiger partial charge < -0.3 is 15.3 Å². The first-order valence-corrected chi connectivity index (χ1v) is 9.83. The van der Waals surface area contributed by atoms with Crippen LogP contribution in [0.4, 0.5) is 0 Å². The van der Waals surface area contributed by atoms with Crippen LogP contribution in [0.5, 0.6) is 0 Å². The van der Waals surface area contributed by atoms with Crippen molar-refractivity contribution in [2.75, 3.05) is 26.2 Å². The van der Waals surface area contributed by atoms with Gasteiger partial charge in [0.2, 0.25) is 0 Å². The lowest BCUT2D eigenvalue weighted by Gasteiger charge is -2.42. The Morgan fingerprint density at radius 3 is 2.68 bits per heavy atom. The molecule has 25 heavy (non-hydrogen) atoms. The Bertz CT molecular complexity index is 593. The van der Waals surface area contributed by atoms with Gasteiger partial charge in [0.25, 0.3) is 0 Å². The summed E-state index contributed by atoms with van der Waals surface area (Å²) in [4.78, 5) is 13.8. The van der Waals surface area contributed by atoms with Gasteiger partial charge in [0, 0.05) is 12.6 Å². The molecule has 0 bridgehead atoms. The largest absolute Gasteiger partial charge is 0.478 e. The van der Waals surface area contributed by atoms with E-state index in [1.54, 1.807) is 6.07 Å². The number of aromatic carboxylic acids is 1. The second-order valence-electron chi connectivity index (χ2n) is 8.01. The van der Waals surface area contributed by atoms with Crippen LogP contribution in [0.1, 0.15) is 55.5 Å². The van der Waals surface area contributed by atoms with E-state index in [4.69, 9.17) is 0 Å². The predicted octanol–water partition coefficient (Wildman–Crippen LogP) is 3.42. The van der Waals surface area contributed by atoms with Gasteiger partial charge in [-0.15, -0.1) is 0 Å². The van der Waals surface area contributed by atoms with E-state index in [9.17, 15) is 9.90 Å². The fourth-order valence-corrected chi connectivity index (χ4v) is 4.30. The van der Waals surface area contributed by atoms with Crippen molar-refractivity contribution in [2.45, 2.75) is 52.0 Å². The van der Waals surface area contributed by atoms with Crippen molar-refractivity contribution < 1.29 is 9.90 Å². The fraction of sp³-hybridized carbons (Fsp3) is 0.667. The van der Waals surface area contributed by atoms with Crippen molar-refractivity contribution in [3.63, 3.8) is 0 Å². The third-order valence-electron chi connectivity index (χ3n) is 6.30.